The number of carboxylic acid groups (broad SMARTS) is 1. The summed E-state index contributed by atoms with van der Waals surface area (Å²) in [6.07, 6.45) is 1.09. The number of carbonyl (C=O) groups excluding carboxylic acids is 3. The van der Waals surface area contributed by atoms with Crippen molar-refractivity contribution in [3.05, 3.63) is 29.8 Å². The summed E-state index contributed by atoms with van der Waals surface area (Å²) in [5.74, 6) is -2.83. The Morgan fingerprint density at radius 3 is 2.12 bits per heavy atom. The quantitative estimate of drug-likeness (QED) is 0.247. The van der Waals surface area contributed by atoms with Crippen molar-refractivity contribution in [3.63, 3.8) is 0 Å². The van der Waals surface area contributed by atoms with E-state index in [0.29, 0.717) is 18.4 Å². The molecule has 4 unspecified atom stereocenters. The topological polar surface area (TPSA) is 171 Å². The standard InChI is InChI=1S/C23H36N4O6/c1-5-14(4)20(27-21(30)17(24)10-13(2)3)22(31)25-12-19(29)26-18(23(32)33)11-15-6-8-16(28)9-7-15/h6-9,13-14,17-18,20,28H,5,10-12,24H2,1-4H3,(H,25,31)(H,26,29)(H,27,30)(H,32,33). The molecule has 0 radical (unpaired) electrons. The van der Waals surface area contributed by atoms with Gasteiger partial charge >= 0.3 is 5.97 Å². The molecule has 3 amide bonds. The number of rotatable bonds is 13. The van der Waals surface area contributed by atoms with Crippen LogP contribution in [0.4, 0.5) is 0 Å². The highest BCUT2D eigenvalue weighted by Gasteiger charge is 2.29. The highest BCUT2D eigenvalue weighted by Crippen LogP contribution is 2.12. The Balaban J connectivity index is 2.70. The average molecular weight is 465 g/mol. The molecule has 7 N–H and O–H groups in total. The highest BCUT2D eigenvalue weighted by atomic mass is 16.4. The highest BCUT2D eigenvalue weighted by molar-refractivity contribution is 5.92. The van der Waals surface area contributed by atoms with Gasteiger partial charge in [0.15, 0.2) is 0 Å². The van der Waals surface area contributed by atoms with E-state index in [1.165, 1.54) is 12.1 Å². The normalized spacial score (nSPS) is 14.6. The summed E-state index contributed by atoms with van der Waals surface area (Å²) < 4.78 is 0. The van der Waals surface area contributed by atoms with E-state index >= 15 is 0 Å². The van der Waals surface area contributed by atoms with E-state index in [0.717, 1.165) is 0 Å². The van der Waals surface area contributed by atoms with Crippen LogP contribution in [-0.4, -0.2) is 58.6 Å². The van der Waals surface area contributed by atoms with Gasteiger partial charge < -0.3 is 31.9 Å². The summed E-state index contributed by atoms with van der Waals surface area (Å²) >= 11 is 0. The van der Waals surface area contributed by atoms with Crippen LogP contribution >= 0.6 is 0 Å². The van der Waals surface area contributed by atoms with Gasteiger partial charge in [0.1, 0.15) is 17.8 Å². The minimum Gasteiger partial charge on any atom is -0.508 e. The Morgan fingerprint density at radius 1 is 1.00 bits per heavy atom. The summed E-state index contributed by atoms with van der Waals surface area (Å²) in [4.78, 5) is 48.9. The van der Waals surface area contributed by atoms with Gasteiger partial charge in [-0.15, -0.1) is 0 Å². The first-order chi connectivity index (χ1) is 15.4. The maximum atomic E-state index is 12.7. The minimum atomic E-state index is -1.23. The van der Waals surface area contributed by atoms with Crippen molar-refractivity contribution in [2.45, 2.75) is 65.1 Å². The Hall–Kier alpha value is -3.14. The molecule has 0 spiro atoms. The Bertz CT molecular complexity index is 812. The van der Waals surface area contributed by atoms with Crippen molar-refractivity contribution in [1.29, 1.82) is 0 Å². The molecule has 1 aromatic rings. The van der Waals surface area contributed by atoms with E-state index in [9.17, 15) is 29.4 Å². The molecule has 1 rings (SSSR count). The number of aliphatic carboxylic acids is 1. The van der Waals surface area contributed by atoms with Crippen molar-refractivity contribution in [2.24, 2.45) is 17.6 Å². The fourth-order valence-electron chi connectivity index (χ4n) is 3.17. The van der Waals surface area contributed by atoms with Gasteiger partial charge in [0.05, 0.1) is 12.6 Å². The summed E-state index contributed by atoms with van der Waals surface area (Å²) in [6, 6.07) is 3.13. The first kappa shape index (κ1) is 27.9. The van der Waals surface area contributed by atoms with E-state index < -0.39 is 48.4 Å². The number of aromatic hydroxyl groups is 1. The van der Waals surface area contributed by atoms with E-state index in [1.807, 2.05) is 20.8 Å². The third kappa shape index (κ3) is 9.90. The second kappa shape index (κ2) is 13.4. The molecule has 4 atom stereocenters. The number of phenols is 1. The molecule has 0 aliphatic carbocycles. The van der Waals surface area contributed by atoms with Gasteiger partial charge in [-0.05, 0) is 36.0 Å². The number of amides is 3. The SMILES string of the molecule is CCC(C)C(NC(=O)C(N)CC(C)C)C(=O)NCC(=O)NC(Cc1ccc(O)cc1)C(=O)O. The third-order valence-corrected chi connectivity index (χ3v) is 5.29. The lowest BCUT2D eigenvalue weighted by atomic mass is 9.97. The minimum absolute atomic E-state index is 0.00852. The number of hydrogen-bond donors (Lipinski definition) is 6. The van der Waals surface area contributed by atoms with Crippen molar-refractivity contribution >= 4 is 23.7 Å². The lowest BCUT2D eigenvalue weighted by Crippen LogP contribution is -2.55. The monoisotopic (exact) mass is 464 g/mol. The fourth-order valence-corrected chi connectivity index (χ4v) is 3.17. The van der Waals surface area contributed by atoms with Crippen molar-refractivity contribution < 1.29 is 29.4 Å². The smallest absolute Gasteiger partial charge is 0.326 e. The number of nitrogens with one attached hydrogen (secondary N) is 3. The zero-order chi connectivity index (χ0) is 25.1. The molecule has 0 bridgehead atoms. The average Bonchev–Trinajstić information content (AvgIpc) is 2.75. The Labute approximate surface area is 194 Å². The zero-order valence-electron chi connectivity index (χ0n) is 19.6. The van der Waals surface area contributed by atoms with Crippen molar-refractivity contribution in [2.75, 3.05) is 6.54 Å². The van der Waals surface area contributed by atoms with Gasteiger partial charge in [-0.25, -0.2) is 4.79 Å². The van der Waals surface area contributed by atoms with Crippen LogP contribution in [-0.2, 0) is 25.6 Å². The zero-order valence-corrected chi connectivity index (χ0v) is 19.6. The van der Waals surface area contributed by atoms with Gasteiger partial charge in [0.2, 0.25) is 17.7 Å². The molecular weight excluding hydrogens is 428 g/mol. The van der Waals surface area contributed by atoms with Crippen LogP contribution in [0.15, 0.2) is 24.3 Å². The molecule has 1 aromatic carbocycles. The first-order valence-corrected chi connectivity index (χ1v) is 11.1. The lowest BCUT2D eigenvalue weighted by Gasteiger charge is -2.25. The van der Waals surface area contributed by atoms with Crippen LogP contribution in [0.25, 0.3) is 0 Å². The van der Waals surface area contributed by atoms with Crippen LogP contribution in [0.5, 0.6) is 5.75 Å². The molecule has 0 aliphatic rings. The number of phenolic OH excluding ortho intramolecular Hbond substituents is 1. The van der Waals surface area contributed by atoms with E-state index in [2.05, 4.69) is 16.0 Å². The molecule has 0 aliphatic heterocycles. The van der Waals surface area contributed by atoms with Crippen LogP contribution < -0.4 is 21.7 Å². The van der Waals surface area contributed by atoms with E-state index in [4.69, 9.17) is 5.73 Å². The first-order valence-electron chi connectivity index (χ1n) is 11.1. The van der Waals surface area contributed by atoms with Crippen LogP contribution in [0.1, 0.15) is 46.1 Å². The molecule has 0 aromatic heterocycles. The van der Waals surface area contributed by atoms with Gasteiger partial charge in [0.25, 0.3) is 0 Å². The molecule has 0 saturated heterocycles. The Kier molecular flexibility index (Phi) is 11.3. The van der Waals surface area contributed by atoms with Crippen LogP contribution in [0.3, 0.4) is 0 Å². The Morgan fingerprint density at radius 2 is 1.61 bits per heavy atom. The summed E-state index contributed by atoms with van der Waals surface area (Å²) in [6.45, 7) is 7.11. The molecule has 10 heteroatoms. The van der Waals surface area contributed by atoms with Crippen molar-refractivity contribution in [1.82, 2.24) is 16.0 Å². The summed E-state index contributed by atoms with van der Waals surface area (Å²) in [5, 5.41) is 26.3. The maximum absolute atomic E-state index is 12.7. The molecule has 184 valence electrons. The molecule has 0 fully saturated rings. The largest absolute Gasteiger partial charge is 0.508 e. The van der Waals surface area contributed by atoms with Crippen LogP contribution in [0.2, 0.25) is 0 Å². The summed E-state index contributed by atoms with van der Waals surface area (Å²) in [5.41, 5.74) is 6.52. The number of benzene rings is 1. The van der Waals surface area contributed by atoms with E-state index in [1.54, 1.807) is 19.1 Å². The second-order valence-electron chi connectivity index (χ2n) is 8.65. The second-order valence-corrected chi connectivity index (χ2v) is 8.65. The van der Waals surface area contributed by atoms with Gasteiger partial charge in [-0.2, -0.15) is 0 Å². The van der Waals surface area contributed by atoms with Gasteiger partial charge in [-0.1, -0.05) is 46.2 Å². The molecule has 33 heavy (non-hydrogen) atoms. The van der Waals surface area contributed by atoms with Gasteiger partial charge in [0, 0.05) is 6.42 Å². The predicted molar refractivity (Wildman–Crippen MR) is 123 cm³/mol. The number of carboxylic acids is 1. The lowest BCUT2D eigenvalue weighted by molar-refractivity contribution is -0.141. The molecular formula is C23H36N4O6. The fraction of sp³-hybridized carbons (Fsp3) is 0.565. The van der Waals surface area contributed by atoms with Gasteiger partial charge in [-0.3, -0.25) is 14.4 Å². The third-order valence-electron chi connectivity index (χ3n) is 5.29. The number of hydrogen-bond acceptors (Lipinski definition) is 6. The molecule has 0 saturated carbocycles. The van der Waals surface area contributed by atoms with Crippen LogP contribution in [0, 0.1) is 11.8 Å². The molecule has 10 nitrogen and oxygen atoms in total. The number of carbonyl (C=O) groups is 4. The number of nitrogens with two attached hydrogens (primary N) is 1. The summed E-state index contributed by atoms with van der Waals surface area (Å²) in [7, 11) is 0. The predicted octanol–water partition coefficient (Wildman–Crippen LogP) is 0.525. The maximum Gasteiger partial charge on any atom is 0.326 e. The molecule has 0 heterocycles. The van der Waals surface area contributed by atoms with Crippen molar-refractivity contribution in [3.8, 4) is 5.75 Å². The van der Waals surface area contributed by atoms with E-state index in [-0.39, 0.29) is 24.0 Å².